The van der Waals surface area contributed by atoms with Crippen molar-refractivity contribution in [1.82, 2.24) is 9.55 Å². The molecule has 0 spiro atoms. The Balaban J connectivity index is 1.60. The van der Waals surface area contributed by atoms with Crippen LogP contribution in [0.3, 0.4) is 0 Å². The third-order valence-corrected chi connectivity index (χ3v) is 4.40. The van der Waals surface area contributed by atoms with Crippen molar-refractivity contribution in [1.29, 1.82) is 0 Å². The van der Waals surface area contributed by atoms with E-state index in [-0.39, 0.29) is 6.42 Å². The molecular formula is C15H16N2O2S. The summed E-state index contributed by atoms with van der Waals surface area (Å²) in [5, 5.41) is 8.74. The molecule has 0 aliphatic heterocycles. The molecule has 104 valence electrons. The van der Waals surface area contributed by atoms with Gasteiger partial charge < -0.3 is 9.67 Å². The van der Waals surface area contributed by atoms with Crippen molar-refractivity contribution in [3.05, 3.63) is 48.0 Å². The summed E-state index contributed by atoms with van der Waals surface area (Å²) in [6.45, 7) is 0. The van der Waals surface area contributed by atoms with E-state index in [9.17, 15) is 4.79 Å². The fourth-order valence-electron chi connectivity index (χ4n) is 2.16. The lowest BCUT2D eigenvalue weighted by Crippen LogP contribution is -1.99. The van der Waals surface area contributed by atoms with Crippen molar-refractivity contribution in [2.45, 2.75) is 36.0 Å². The highest BCUT2D eigenvalue weighted by Crippen LogP contribution is 2.36. The third kappa shape index (κ3) is 3.22. The highest BCUT2D eigenvalue weighted by atomic mass is 32.2. The van der Waals surface area contributed by atoms with Crippen LogP contribution in [0.1, 0.15) is 30.1 Å². The van der Waals surface area contributed by atoms with E-state index in [2.05, 4.69) is 9.55 Å². The summed E-state index contributed by atoms with van der Waals surface area (Å²) >= 11 is 1.76. The Morgan fingerprint density at radius 1 is 1.35 bits per heavy atom. The normalized spacial score (nSPS) is 14.4. The van der Waals surface area contributed by atoms with Gasteiger partial charge in [-0.05, 0) is 30.5 Å². The molecule has 1 aromatic carbocycles. The number of hydrogen-bond donors (Lipinski definition) is 1. The van der Waals surface area contributed by atoms with Crippen molar-refractivity contribution in [3.63, 3.8) is 0 Å². The number of thioether (sulfide) groups is 1. The van der Waals surface area contributed by atoms with Gasteiger partial charge in [-0.15, -0.1) is 11.8 Å². The highest BCUT2D eigenvalue weighted by molar-refractivity contribution is 7.98. The van der Waals surface area contributed by atoms with Crippen LogP contribution in [0.25, 0.3) is 0 Å². The Morgan fingerprint density at radius 3 is 2.75 bits per heavy atom. The van der Waals surface area contributed by atoms with E-state index >= 15 is 0 Å². The molecule has 0 atom stereocenters. The first kappa shape index (κ1) is 13.2. The number of imidazole rings is 1. The van der Waals surface area contributed by atoms with Crippen LogP contribution in [0.2, 0.25) is 0 Å². The number of nitrogens with zero attached hydrogens (tertiary/aromatic N) is 2. The summed E-state index contributed by atoms with van der Waals surface area (Å²) in [5.74, 6) is 0.105. The average Bonchev–Trinajstić information content (AvgIpc) is 3.16. The summed E-state index contributed by atoms with van der Waals surface area (Å²) in [7, 11) is 0. The lowest BCUT2D eigenvalue weighted by atomic mass is 10.2. The minimum atomic E-state index is -0.793. The zero-order valence-corrected chi connectivity index (χ0v) is 11.8. The monoisotopic (exact) mass is 288 g/mol. The fourth-order valence-corrected chi connectivity index (χ4v) is 3.03. The van der Waals surface area contributed by atoms with Gasteiger partial charge in [0.15, 0.2) is 0 Å². The lowest BCUT2D eigenvalue weighted by molar-refractivity contribution is -0.136. The van der Waals surface area contributed by atoms with Gasteiger partial charge in [0.2, 0.25) is 0 Å². The molecule has 1 aromatic heterocycles. The Morgan fingerprint density at radius 2 is 2.10 bits per heavy atom. The molecule has 1 aliphatic carbocycles. The molecule has 1 heterocycles. The Kier molecular flexibility index (Phi) is 3.78. The maximum absolute atomic E-state index is 10.6. The van der Waals surface area contributed by atoms with E-state index in [0.717, 1.165) is 16.2 Å². The van der Waals surface area contributed by atoms with Crippen LogP contribution < -0.4 is 0 Å². The number of rotatable bonds is 6. The molecule has 1 aliphatic rings. The zero-order chi connectivity index (χ0) is 13.9. The van der Waals surface area contributed by atoms with Gasteiger partial charge in [-0.3, -0.25) is 4.79 Å². The van der Waals surface area contributed by atoms with Crippen molar-refractivity contribution in [2.24, 2.45) is 0 Å². The predicted octanol–water partition coefficient (Wildman–Crippen LogP) is 3.14. The smallest absolute Gasteiger partial charge is 0.307 e. The molecule has 1 saturated carbocycles. The van der Waals surface area contributed by atoms with Crippen LogP contribution in [0, 0.1) is 0 Å². The van der Waals surface area contributed by atoms with Crippen LogP contribution in [0.15, 0.2) is 41.7 Å². The highest BCUT2D eigenvalue weighted by Gasteiger charge is 2.24. The second kappa shape index (κ2) is 5.71. The van der Waals surface area contributed by atoms with Gasteiger partial charge in [-0.1, -0.05) is 12.1 Å². The van der Waals surface area contributed by atoms with Crippen LogP contribution in [0.4, 0.5) is 0 Å². The summed E-state index contributed by atoms with van der Waals surface area (Å²) in [6.07, 6.45) is 6.46. The van der Waals surface area contributed by atoms with Crippen LogP contribution in [-0.2, 0) is 17.0 Å². The fraction of sp³-hybridized carbons (Fsp3) is 0.333. The average molecular weight is 288 g/mol. The van der Waals surface area contributed by atoms with E-state index in [1.54, 1.807) is 11.8 Å². The minimum Gasteiger partial charge on any atom is -0.481 e. The van der Waals surface area contributed by atoms with E-state index in [0.29, 0.717) is 6.04 Å². The molecule has 0 saturated heterocycles. The Bertz CT molecular complexity index is 603. The number of carboxylic acid groups (broad SMARTS) is 1. The van der Waals surface area contributed by atoms with E-state index in [1.165, 1.54) is 18.5 Å². The number of benzene rings is 1. The van der Waals surface area contributed by atoms with Crippen molar-refractivity contribution < 1.29 is 9.90 Å². The largest absolute Gasteiger partial charge is 0.481 e. The quantitative estimate of drug-likeness (QED) is 0.830. The number of aromatic nitrogens is 2. The standard InChI is InChI=1S/C15H16N2O2S/c18-15(19)7-11-1-5-14(6-2-11)20-9-13-8-16-10-17(13)12-3-4-12/h1-2,5-6,8,10,12H,3-4,7,9H2,(H,18,19). The summed E-state index contributed by atoms with van der Waals surface area (Å²) in [5.41, 5.74) is 2.09. The first-order valence-corrected chi connectivity index (χ1v) is 7.65. The summed E-state index contributed by atoms with van der Waals surface area (Å²) in [6, 6.07) is 8.40. The molecule has 20 heavy (non-hydrogen) atoms. The minimum absolute atomic E-state index is 0.0827. The van der Waals surface area contributed by atoms with Gasteiger partial charge in [0, 0.05) is 28.6 Å². The first-order valence-electron chi connectivity index (χ1n) is 6.66. The molecule has 0 radical (unpaired) electrons. The molecule has 2 aromatic rings. The van der Waals surface area contributed by atoms with Gasteiger partial charge in [0.05, 0.1) is 12.7 Å². The maximum Gasteiger partial charge on any atom is 0.307 e. The molecule has 0 bridgehead atoms. The Hall–Kier alpha value is -1.75. The van der Waals surface area contributed by atoms with Crippen molar-refractivity contribution in [2.75, 3.05) is 0 Å². The maximum atomic E-state index is 10.6. The number of carbonyl (C=O) groups is 1. The van der Waals surface area contributed by atoms with E-state index < -0.39 is 5.97 Å². The van der Waals surface area contributed by atoms with Gasteiger partial charge in [-0.25, -0.2) is 4.98 Å². The number of carboxylic acids is 1. The molecule has 1 fully saturated rings. The SMILES string of the molecule is O=C(O)Cc1ccc(SCc2cncn2C2CC2)cc1. The van der Waals surface area contributed by atoms with E-state index in [1.807, 2.05) is 36.8 Å². The first-order chi connectivity index (χ1) is 9.72. The molecule has 5 heteroatoms. The second-order valence-corrected chi connectivity index (χ2v) is 6.08. The number of hydrogen-bond acceptors (Lipinski definition) is 3. The van der Waals surface area contributed by atoms with Crippen LogP contribution in [-0.4, -0.2) is 20.6 Å². The molecular weight excluding hydrogens is 272 g/mol. The van der Waals surface area contributed by atoms with Crippen LogP contribution in [0.5, 0.6) is 0 Å². The molecule has 3 rings (SSSR count). The van der Waals surface area contributed by atoms with Gasteiger partial charge >= 0.3 is 5.97 Å². The topological polar surface area (TPSA) is 55.1 Å². The van der Waals surface area contributed by atoms with Gasteiger partial charge in [-0.2, -0.15) is 0 Å². The van der Waals surface area contributed by atoms with Crippen molar-refractivity contribution in [3.8, 4) is 0 Å². The third-order valence-electron chi connectivity index (χ3n) is 3.35. The number of aliphatic carboxylic acids is 1. The van der Waals surface area contributed by atoms with Gasteiger partial charge in [0.1, 0.15) is 0 Å². The van der Waals surface area contributed by atoms with Crippen molar-refractivity contribution >= 4 is 17.7 Å². The molecule has 1 N–H and O–H groups in total. The summed E-state index contributed by atoms with van der Waals surface area (Å²) in [4.78, 5) is 16.0. The molecule has 4 nitrogen and oxygen atoms in total. The predicted molar refractivity (Wildman–Crippen MR) is 77.8 cm³/mol. The molecule has 0 amide bonds. The lowest BCUT2D eigenvalue weighted by Gasteiger charge is -2.06. The zero-order valence-electron chi connectivity index (χ0n) is 11.0. The molecule has 0 unspecified atom stereocenters. The second-order valence-electron chi connectivity index (χ2n) is 5.03. The summed E-state index contributed by atoms with van der Waals surface area (Å²) < 4.78 is 2.27. The van der Waals surface area contributed by atoms with Gasteiger partial charge in [0.25, 0.3) is 0 Å². The van der Waals surface area contributed by atoms with Crippen LogP contribution >= 0.6 is 11.8 Å². The Labute approximate surface area is 121 Å². The van der Waals surface area contributed by atoms with E-state index in [4.69, 9.17) is 5.11 Å².